The summed E-state index contributed by atoms with van der Waals surface area (Å²) >= 11 is 6.98. The lowest BCUT2D eigenvalue weighted by Gasteiger charge is -2.07. The summed E-state index contributed by atoms with van der Waals surface area (Å²) in [6.07, 6.45) is 1.09. The second kappa shape index (κ2) is 4.27. The normalized spacial score (nSPS) is 10.5. The zero-order chi connectivity index (χ0) is 8.27. The molecule has 0 atom stereocenters. The Labute approximate surface area is 84.3 Å². The molecule has 2 heteroatoms. The maximum atomic E-state index is 3.49. The largest absolute Gasteiger partial charge is 0.0949 e. The topological polar surface area (TPSA) is 0 Å². The van der Waals surface area contributed by atoms with E-state index in [0.717, 1.165) is 6.42 Å². The molecule has 0 fully saturated rings. The van der Waals surface area contributed by atoms with E-state index in [1.54, 1.807) is 0 Å². The van der Waals surface area contributed by atoms with Crippen molar-refractivity contribution in [2.45, 2.75) is 17.1 Å². The second-order valence-electron chi connectivity index (χ2n) is 2.35. The highest BCUT2D eigenvalue weighted by Crippen LogP contribution is 2.31. The van der Waals surface area contributed by atoms with E-state index in [1.165, 1.54) is 11.1 Å². The summed E-state index contributed by atoms with van der Waals surface area (Å²) in [7, 11) is 0. The molecule has 1 aromatic carbocycles. The van der Waals surface area contributed by atoms with Gasteiger partial charge in [0.25, 0.3) is 0 Å². The fraction of sp³-hybridized carbons (Fsp3) is 0.333. The van der Waals surface area contributed by atoms with Gasteiger partial charge in [-0.15, -0.1) is 0 Å². The minimum atomic E-state index is 0.283. The van der Waals surface area contributed by atoms with Crippen LogP contribution in [0.15, 0.2) is 24.3 Å². The molecule has 1 rings (SSSR count). The Morgan fingerprint density at radius 2 is 1.91 bits per heavy atom. The summed E-state index contributed by atoms with van der Waals surface area (Å²) in [5, 5.41) is 0. The second-order valence-corrected chi connectivity index (χ2v) is 5.41. The highest BCUT2D eigenvalue weighted by Gasteiger charge is 2.05. The van der Waals surface area contributed by atoms with E-state index < -0.39 is 0 Å². The van der Waals surface area contributed by atoms with Crippen LogP contribution in [0.1, 0.15) is 21.8 Å². The maximum absolute atomic E-state index is 3.49. The molecular weight excluding hydrogens is 268 g/mol. The molecule has 1 aromatic rings. The molecule has 0 aromatic heterocycles. The lowest BCUT2D eigenvalue weighted by molar-refractivity contribution is 1.10. The molecule has 0 aliphatic heterocycles. The van der Waals surface area contributed by atoms with Crippen LogP contribution in [0.4, 0.5) is 0 Å². The number of alkyl halides is 2. The Morgan fingerprint density at radius 3 is 2.36 bits per heavy atom. The van der Waals surface area contributed by atoms with E-state index in [9.17, 15) is 0 Å². The SMILES string of the molecule is CCc1ccccc1C(Br)Br. The molecule has 0 nitrogen and oxygen atoms in total. The van der Waals surface area contributed by atoms with Gasteiger partial charge in [0.2, 0.25) is 0 Å². The molecule has 0 aliphatic carbocycles. The van der Waals surface area contributed by atoms with Gasteiger partial charge in [0, 0.05) is 0 Å². The summed E-state index contributed by atoms with van der Waals surface area (Å²) in [6, 6.07) is 8.42. The molecule has 0 amide bonds. The smallest absolute Gasteiger partial charge is 0.0712 e. The monoisotopic (exact) mass is 276 g/mol. The van der Waals surface area contributed by atoms with Gasteiger partial charge in [-0.3, -0.25) is 0 Å². The van der Waals surface area contributed by atoms with Gasteiger partial charge in [0.15, 0.2) is 0 Å². The van der Waals surface area contributed by atoms with Gasteiger partial charge in [-0.25, -0.2) is 0 Å². The molecule has 0 saturated heterocycles. The quantitative estimate of drug-likeness (QED) is 0.716. The van der Waals surface area contributed by atoms with Gasteiger partial charge < -0.3 is 0 Å². The minimum Gasteiger partial charge on any atom is -0.0712 e. The van der Waals surface area contributed by atoms with Crippen molar-refractivity contribution >= 4 is 31.9 Å². The zero-order valence-electron chi connectivity index (χ0n) is 6.35. The summed E-state index contributed by atoms with van der Waals surface area (Å²) in [4.78, 5) is 0. The number of hydrogen-bond acceptors (Lipinski definition) is 0. The Kier molecular flexibility index (Phi) is 3.60. The summed E-state index contributed by atoms with van der Waals surface area (Å²) in [6.45, 7) is 2.17. The first-order valence-electron chi connectivity index (χ1n) is 3.61. The van der Waals surface area contributed by atoms with Crippen LogP contribution in [0.3, 0.4) is 0 Å². The fourth-order valence-corrected chi connectivity index (χ4v) is 1.96. The van der Waals surface area contributed by atoms with Gasteiger partial charge >= 0.3 is 0 Å². The third-order valence-corrected chi connectivity index (χ3v) is 2.66. The van der Waals surface area contributed by atoms with Crippen molar-refractivity contribution in [3.05, 3.63) is 35.4 Å². The van der Waals surface area contributed by atoms with Crippen molar-refractivity contribution in [3.63, 3.8) is 0 Å². The van der Waals surface area contributed by atoms with Crippen molar-refractivity contribution in [3.8, 4) is 0 Å². The highest BCUT2D eigenvalue weighted by molar-refractivity contribution is 9.24. The average Bonchev–Trinajstić information content (AvgIpc) is 2.04. The van der Waals surface area contributed by atoms with Crippen molar-refractivity contribution in [2.24, 2.45) is 0 Å². The third kappa shape index (κ3) is 2.31. The van der Waals surface area contributed by atoms with E-state index in [4.69, 9.17) is 0 Å². The highest BCUT2D eigenvalue weighted by atomic mass is 79.9. The van der Waals surface area contributed by atoms with E-state index in [-0.39, 0.29) is 3.74 Å². The first kappa shape index (κ1) is 9.27. The number of aryl methyl sites for hydroxylation is 1. The van der Waals surface area contributed by atoms with Crippen LogP contribution in [0.2, 0.25) is 0 Å². The van der Waals surface area contributed by atoms with Crippen LogP contribution in [-0.2, 0) is 6.42 Å². The summed E-state index contributed by atoms with van der Waals surface area (Å²) in [5.74, 6) is 0. The molecule has 11 heavy (non-hydrogen) atoms. The number of hydrogen-bond donors (Lipinski definition) is 0. The molecule has 0 spiro atoms. The maximum Gasteiger partial charge on any atom is 0.0949 e. The first-order valence-corrected chi connectivity index (χ1v) is 5.44. The minimum absolute atomic E-state index is 0.283. The van der Waals surface area contributed by atoms with E-state index >= 15 is 0 Å². The molecule has 0 unspecified atom stereocenters. The Hall–Kier alpha value is 0.180. The van der Waals surface area contributed by atoms with Crippen LogP contribution in [-0.4, -0.2) is 0 Å². The number of benzene rings is 1. The van der Waals surface area contributed by atoms with Gasteiger partial charge in [0.05, 0.1) is 3.74 Å². The van der Waals surface area contributed by atoms with E-state index in [1.807, 2.05) is 0 Å². The van der Waals surface area contributed by atoms with Crippen LogP contribution in [0, 0.1) is 0 Å². The van der Waals surface area contributed by atoms with Crippen molar-refractivity contribution in [1.82, 2.24) is 0 Å². The van der Waals surface area contributed by atoms with Crippen LogP contribution in [0.5, 0.6) is 0 Å². The van der Waals surface area contributed by atoms with Gasteiger partial charge in [-0.1, -0.05) is 63.0 Å². The number of halogens is 2. The predicted octanol–water partition coefficient (Wildman–Crippen LogP) is 4.04. The van der Waals surface area contributed by atoms with E-state index in [2.05, 4.69) is 63.0 Å². The van der Waals surface area contributed by atoms with Crippen molar-refractivity contribution in [2.75, 3.05) is 0 Å². The van der Waals surface area contributed by atoms with Gasteiger partial charge in [-0.05, 0) is 17.5 Å². The molecule has 0 bridgehead atoms. The van der Waals surface area contributed by atoms with Crippen LogP contribution in [0.25, 0.3) is 0 Å². The lowest BCUT2D eigenvalue weighted by Crippen LogP contribution is -1.89. The fourth-order valence-electron chi connectivity index (χ4n) is 1.07. The average molecular weight is 278 g/mol. The molecule has 60 valence electrons. The third-order valence-electron chi connectivity index (χ3n) is 1.67. The van der Waals surface area contributed by atoms with Crippen LogP contribution >= 0.6 is 31.9 Å². The van der Waals surface area contributed by atoms with Crippen molar-refractivity contribution in [1.29, 1.82) is 0 Å². The van der Waals surface area contributed by atoms with E-state index in [0.29, 0.717) is 0 Å². The zero-order valence-corrected chi connectivity index (χ0v) is 9.52. The molecule has 0 radical (unpaired) electrons. The molecular formula is C9H10Br2. The van der Waals surface area contributed by atoms with Gasteiger partial charge in [-0.2, -0.15) is 0 Å². The molecule has 0 N–H and O–H groups in total. The molecule has 0 saturated carbocycles. The Bertz CT molecular complexity index is 231. The summed E-state index contributed by atoms with van der Waals surface area (Å²) < 4.78 is 0.283. The standard InChI is InChI=1S/C9H10Br2/c1-2-7-5-3-4-6-8(7)9(10)11/h3-6,9H,2H2,1H3. The van der Waals surface area contributed by atoms with Gasteiger partial charge in [0.1, 0.15) is 0 Å². The molecule has 0 heterocycles. The molecule has 0 aliphatic rings. The Morgan fingerprint density at radius 1 is 1.27 bits per heavy atom. The predicted molar refractivity (Wildman–Crippen MR) is 56.4 cm³/mol. The van der Waals surface area contributed by atoms with Crippen LogP contribution < -0.4 is 0 Å². The first-order chi connectivity index (χ1) is 5.25. The number of rotatable bonds is 2. The van der Waals surface area contributed by atoms with Crippen molar-refractivity contribution < 1.29 is 0 Å². The summed E-state index contributed by atoms with van der Waals surface area (Å²) in [5.41, 5.74) is 2.72. The Balaban J connectivity index is 3.02. The lowest BCUT2D eigenvalue weighted by atomic mass is 10.1.